The number of nitrogens with zero attached hydrogens (tertiary/aromatic N) is 3. The molecule has 0 amide bonds. The zero-order valence-corrected chi connectivity index (χ0v) is 19.1. The molecule has 2 aliphatic heterocycles. The van der Waals surface area contributed by atoms with Gasteiger partial charge in [0.05, 0.1) is 22.9 Å². The quantitative estimate of drug-likeness (QED) is 0.647. The molecule has 2 fully saturated rings. The molecule has 0 aliphatic carbocycles. The lowest BCUT2D eigenvalue weighted by Gasteiger charge is -2.39. The molecule has 0 spiro atoms. The van der Waals surface area contributed by atoms with E-state index in [1.54, 1.807) is 0 Å². The summed E-state index contributed by atoms with van der Waals surface area (Å²) in [7, 11) is -2.87. The zero-order valence-electron chi connectivity index (χ0n) is 17.5. The highest BCUT2D eigenvalue weighted by molar-refractivity contribution is 7.91. The third kappa shape index (κ3) is 4.07. The Kier molecular flexibility index (Phi) is 5.45. The normalized spacial score (nSPS) is 23.3. The number of aromatic amines is 1. The molecule has 0 bridgehead atoms. The molecule has 2 saturated heterocycles. The summed E-state index contributed by atoms with van der Waals surface area (Å²) in [5.41, 5.74) is 1.85. The minimum absolute atomic E-state index is 0.00571. The first-order chi connectivity index (χ1) is 14.9. The molecule has 31 heavy (non-hydrogen) atoms. The van der Waals surface area contributed by atoms with Gasteiger partial charge >= 0.3 is 0 Å². The Hall–Kier alpha value is -2.07. The fourth-order valence-corrected chi connectivity index (χ4v) is 7.44. The molecule has 4 heterocycles. The Labute approximate surface area is 185 Å². The molecular formula is C22H26N4O3S2. The van der Waals surface area contributed by atoms with Gasteiger partial charge in [0.1, 0.15) is 10.7 Å². The lowest BCUT2D eigenvalue weighted by molar-refractivity contribution is 0.0778. The fourth-order valence-electron chi connectivity index (χ4n) is 4.72. The smallest absolute Gasteiger partial charge is 0.260 e. The van der Waals surface area contributed by atoms with Crippen LogP contribution in [0.3, 0.4) is 0 Å². The van der Waals surface area contributed by atoms with Gasteiger partial charge in [0, 0.05) is 43.2 Å². The first-order valence-electron chi connectivity index (χ1n) is 10.7. The SMILES string of the molecule is CC(c1nc2scc(-c3ccccc3)c2c(=O)[nH]1)N1CCN(C2CCS(=O)(=O)C2)CC1. The van der Waals surface area contributed by atoms with Crippen molar-refractivity contribution >= 4 is 31.4 Å². The van der Waals surface area contributed by atoms with E-state index < -0.39 is 9.84 Å². The van der Waals surface area contributed by atoms with E-state index in [0.29, 0.717) is 17.0 Å². The number of benzene rings is 1. The van der Waals surface area contributed by atoms with Gasteiger partial charge in [-0.15, -0.1) is 11.3 Å². The minimum Gasteiger partial charge on any atom is -0.309 e. The largest absolute Gasteiger partial charge is 0.309 e. The minimum atomic E-state index is -2.87. The number of thiophene rings is 1. The molecule has 9 heteroatoms. The zero-order chi connectivity index (χ0) is 21.6. The van der Waals surface area contributed by atoms with Crippen LogP contribution in [0.5, 0.6) is 0 Å². The lowest BCUT2D eigenvalue weighted by atomic mass is 10.1. The van der Waals surface area contributed by atoms with Crippen LogP contribution < -0.4 is 5.56 Å². The Morgan fingerprint density at radius 2 is 1.90 bits per heavy atom. The lowest BCUT2D eigenvalue weighted by Crippen LogP contribution is -2.51. The van der Waals surface area contributed by atoms with Gasteiger partial charge in [-0.2, -0.15) is 0 Å². The summed E-state index contributed by atoms with van der Waals surface area (Å²) in [6, 6.07) is 10.1. The highest BCUT2D eigenvalue weighted by atomic mass is 32.2. The van der Waals surface area contributed by atoms with Crippen molar-refractivity contribution in [3.8, 4) is 11.1 Å². The van der Waals surface area contributed by atoms with Gasteiger partial charge in [-0.05, 0) is 18.9 Å². The summed E-state index contributed by atoms with van der Waals surface area (Å²) in [6.07, 6.45) is 0.742. The van der Waals surface area contributed by atoms with E-state index >= 15 is 0 Å². The number of rotatable bonds is 4. The number of nitrogens with one attached hydrogen (secondary N) is 1. The molecule has 164 valence electrons. The van der Waals surface area contributed by atoms with E-state index in [4.69, 9.17) is 4.98 Å². The van der Waals surface area contributed by atoms with Gasteiger partial charge < -0.3 is 4.98 Å². The van der Waals surface area contributed by atoms with E-state index in [1.165, 1.54) is 11.3 Å². The molecule has 2 aromatic heterocycles. The van der Waals surface area contributed by atoms with Crippen molar-refractivity contribution in [1.29, 1.82) is 0 Å². The molecule has 1 N–H and O–H groups in total. The van der Waals surface area contributed by atoms with Crippen molar-refractivity contribution in [2.75, 3.05) is 37.7 Å². The number of sulfone groups is 1. The number of aromatic nitrogens is 2. The van der Waals surface area contributed by atoms with Gasteiger partial charge in [0.15, 0.2) is 9.84 Å². The Bertz CT molecular complexity index is 1240. The Morgan fingerprint density at radius 3 is 2.58 bits per heavy atom. The summed E-state index contributed by atoms with van der Waals surface area (Å²) in [4.78, 5) is 26.2. The topological polar surface area (TPSA) is 86.4 Å². The van der Waals surface area contributed by atoms with Gasteiger partial charge in [0.2, 0.25) is 0 Å². The fraction of sp³-hybridized carbons (Fsp3) is 0.455. The van der Waals surface area contributed by atoms with Crippen LogP contribution in [0.25, 0.3) is 21.3 Å². The van der Waals surface area contributed by atoms with Crippen molar-refractivity contribution in [3.63, 3.8) is 0 Å². The van der Waals surface area contributed by atoms with Crippen LogP contribution in [0.2, 0.25) is 0 Å². The van der Waals surface area contributed by atoms with Crippen LogP contribution in [-0.2, 0) is 9.84 Å². The average molecular weight is 459 g/mol. The van der Waals surface area contributed by atoms with Crippen LogP contribution in [0.15, 0.2) is 40.5 Å². The van der Waals surface area contributed by atoms with Crippen LogP contribution in [0.4, 0.5) is 0 Å². The van der Waals surface area contributed by atoms with E-state index in [0.717, 1.165) is 48.6 Å². The van der Waals surface area contributed by atoms with Crippen molar-refractivity contribution in [3.05, 3.63) is 51.9 Å². The van der Waals surface area contributed by atoms with Crippen molar-refractivity contribution < 1.29 is 8.42 Å². The molecule has 0 saturated carbocycles. The second-order valence-corrected chi connectivity index (χ2v) is 11.5. The maximum absolute atomic E-state index is 13.0. The summed E-state index contributed by atoms with van der Waals surface area (Å²) in [6.45, 7) is 5.42. The highest BCUT2D eigenvalue weighted by Crippen LogP contribution is 2.31. The summed E-state index contributed by atoms with van der Waals surface area (Å²) in [5, 5.41) is 2.66. The predicted octanol–water partition coefficient (Wildman–Crippen LogP) is 2.52. The highest BCUT2D eigenvalue weighted by Gasteiger charge is 2.34. The van der Waals surface area contributed by atoms with Crippen LogP contribution >= 0.6 is 11.3 Å². The first kappa shape index (κ1) is 20.8. The first-order valence-corrected chi connectivity index (χ1v) is 13.4. The van der Waals surface area contributed by atoms with E-state index in [2.05, 4.69) is 21.7 Å². The Morgan fingerprint density at radius 1 is 1.16 bits per heavy atom. The van der Waals surface area contributed by atoms with Crippen molar-refractivity contribution in [2.45, 2.75) is 25.4 Å². The van der Waals surface area contributed by atoms with Crippen molar-refractivity contribution in [1.82, 2.24) is 19.8 Å². The molecular weight excluding hydrogens is 432 g/mol. The maximum atomic E-state index is 13.0. The average Bonchev–Trinajstić information content (AvgIpc) is 3.37. The van der Waals surface area contributed by atoms with E-state index in [9.17, 15) is 13.2 Å². The number of H-pyrrole nitrogens is 1. The standard InChI is InChI=1S/C22H26N4O3S2/c1-15(25-8-10-26(11-9-25)17-7-12-31(28,29)14-17)20-23-21(27)19-18(13-30-22(19)24-20)16-5-3-2-4-6-16/h2-6,13,15,17H,7-12,14H2,1H3,(H,23,24,27). The number of hydrogen-bond donors (Lipinski definition) is 1. The predicted molar refractivity (Wildman–Crippen MR) is 124 cm³/mol. The second kappa shape index (κ2) is 8.12. The van der Waals surface area contributed by atoms with Gasteiger partial charge in [-0.3, -0.25) is 14.6 Å². The molecule has 5 rings (SSSR count). The van der Waals surface area contributed by atoms with Crippen LogP contribution in [0, 0.1) is 0 Å². The summed E-state index contributed by atoms with van der Waals surface area (Å²) < 4.78 is 23.6. The van der Waals surface area contributed by atoms with Gasteiger partial charge in [0.25, 0.3) is 5.56 Å². The maximum Gasteiger partial charge on any atom is 0.260 e. The molecule has 2 aliphatic rings. The van der Waals surface area contributed by atoms with Gasteiger partial charge in [-0.1, -0.05) is 30.3 Å². The third-order valence-electron chi connectivity index (χ3n) is 6.56. The Balaban J connectivity index is 1.33. The number of hydrogen-bond acceptors (Lipinski definition) is 7. The van der Waals surface area contributed by atoms with Crippen LogP contribution in [0.1, 0.15) is 25.2 Å². The molecule has 2 unspecified atom stereocenters. The van der Waals surface area contributed by atoms with E-state index in [-0.39, 0.29) is 23.4 Å². The second-order valence-electron chi connectivity index (χ2n) is 8.45. The molecule has 7 nitrogen and oxygen atoms in total. The summed E-state index contributed by atoms with van der Waals surface area (Å²) in [5.74, 6) is 1.29. The van der Waals surface area contributed by atoms with E-state index in [1.807, 2.05) is 35.7 Å². The number of fused-ring (bicyclic) bond motifs is 1. The monoisotopic (exact) mass is 458 g/mol. The molecule has 3 aromatic rings. The van der Waals surface area contributed by atoms with Crippen molar-refractivity contribution in [2.24, 2.45) is 0 Å². The molecule has 0 radical (unpaired) electrons. The van der Waals surface area contributed by atoms with Crippen LogP contribution in [-0.4, -0.2) is 71.9 Å². The third-order valence-corrected chi connectivity index (χ3v) is 9.19. The molecule has 2 atom stereocenters. The summed E-state index contributed by atoms with van der Waals surface area (Å²) >= 11 is 1.50. The van der Waals surface area contributed by atoms with Gasteiger partial charge in [-0.25, -0.2) is 13.4 Å². The number of piperazine rings is 1. The molecule has 1 aromatic carbocycles.